The number of amides is 2. The number of esters is 1. The molecule has 0 saturated carbocycles. The van der Waals surface area contributed by atoms with E-state index in [0.717, 1.165) is 0 Å². The predicted octanol–water partition coefficient (Wildman–Crippen LogP) is 0.915. The first-order valence-corrected chi connectivity index (χ1v) is 7.06. The Kier molecular flexibility index (Phi) is 5.99. The van der Waals surface area contributed by atoms with Crippen LogP contribution < -0.4 is 20.3 Å². The summed E-state index contributed by atoms with van der Waals surface area (Å²) in [5.41, 5.74) is 4.37. The number of rotatable bonds is 6. The number of carbonyl (C=O) groups is 3. The van der Waals surface area contributed by atoms with Crippen molar-refractivity contribution in [2.75, 3.05) is 20.8 Å². The highest BCUT2D eigenvalue weighted by atomic mass is 16.5. The lowest BCUT2D eigenvalue weighted by Gasteiger charge is -2.09. The Hall–Kier alpha value is -3.49. The lowest BCUT2D eigenvalue weighted by molar-refractivity contribution is -0.125. The van der Waals surface area contributed by atoms with E-state index in [1.807, 2.05) is 0 Å². The van der Waals surface area contributed by atoms with Gasteiger partial charge in [0, 0.05) is 6.07 Å². The second-order valence-corrected chi connectivity index (χ2v) is 4.66. The number of hydrogen-bond acceptors (Lipinski definition) is 7. The lowest BCUT2D eigenvalue weighted by Crippen LogP contribution is -2.43. The Balaban J connectivity index is 1.85. The summed E-state index contributed by atoms with van der Waals surface area (Å²) in [6.45, 7) is -0.587. The molecule has 0 spiro atoms. The van der Waals surface area contributed by atoms with Gasteiger partial charge >= 0.3 is 11.9 Å². The maximum absolute atomic E-state index is 12.0. The molecule has 2 amide bonds. The minimum Gasteiger partial charge on any atom is -0.497 e. The van der Waals surface area contributed by atoms with Crippen LogP contribution in [0, 0.1) is 0 Å². The summed E-state index contributed by atoms with van der Waals surface area (Å²) in [4.78, 5) is 35.2. The minimum atomic E-state index is -0.746. The molecule has 0 saturated heterocycles. The van der Waals surface area contributed by atoms with Gasteiger partial charge in [0.05, 0.1) is 26.0 Å². The van der Waals surface area contributed by atoms with Crippen LogP contribution in [0.5, 0.6) is 11.5 Å². The van der Waals surface area contributed by atoms with Gasteiger partial charge in [0.1, 0.15) is 11.5 Å². The molecular weight excluding hydrogens is 332 g/mol. The average Bonchev–Trinajstić information content (AvgIpc) is 3.18. The van der Waals surface area contributed by atoms with Crippen LogP contribution in [-0.2, 0) is 9.53 Å². The SMILES string of the molecule is COc1cc(OC)cc(C(=O)OCC(=O)NNC(=O)c2ccco2)c1. The molecule has 0 aliphatic heterocycles. The lowest BCUT2D eigenvalue weighted by atomic mass is 10.2. The van der Waals surface area contributed by atoms with Crippen molar-refractivity contribution >= 4 is 17.8 Å². The Bertz CT molecular complexity index is 734. The predicted molar refractivity (Wildman–Crippen MR) is 84.1 cm³/mol. The number of hydrogen-bond donors (Lipinski definition) is 2. The number of ether oxygens (including phenoxy) is 3. The van der Waals surface area contributed by atoms with Crippen molar-refractivity contribution in [3.8, 4) is 11.5 Å². The van der Waals surface area contributed by atoms with Crippen molar-refractivity contribution in [1.29, 1.82) is 0 Å². The van der Waals surface area contributed by atoms with Crippen LogP contribution in [-0.4, -0.2) is 38.6 Å². The van der Waals surface area contributed by atoms with E-state index in [9.17, 15) is 14.4 Å². The second-order valence-electron chi connectivity index (χ2n) is 4.66. The molecular formula is C16H16N2O7. The topological polar surface area (TPSA) is 116 Å². The quantitative estimate of drug-likeness (QED) is 0.589. The Labute approximate surface area is 142 Å². The van der Waals surface area contributed by atoms with Crippen molar-refractivity contribution in [3.05, 3.63) is 47.9 Å². The van der Waals surface area contributed by atoms with Crippen molar-refractivity contribution in [2.24, 2.45) is 0 Å². The summed E-state index contributed by atoms with van der Waals surface area (Å²) in [5, 5.41) is 0. The van der Waals surface area contributed by atoms with Crippen molar-refractivity contribution in [1.82, 2.24) is 10.9 Å². The van der Waals surface area contributed by atoms with Gasteiger partial charge in [0.15, 0.2) is 12.4 Å². The molecule has 0 aliphatic carbocycles. The molecule has 9 nitrogen and oxygen atoms in total. The molecule has 2 N–H and O–H groups in total. The van der Waals surface area contributed by atoms with Gasteiger partial charge in [-0.25, -0.2) is 4.79 Å². The summed E-state index contributed by atoms with van der Waals surface area (Å²) in [5.74, 6) is -1.27. The van der Waals surface area contributed by atoms with E-state index in [1.165, 1.54) is 44.7 Å². The zero-order valence-corrected chi connectivity index (χ0v) is 13.5. The zero-order valence-electron chi connectivity index (χ0n) is 13.5. The number of methoxy groups -OCH3 is 2. The maximum Gasteiger partial charge on any atom is 0.338 e. The number of hydrazine groups is 1. The summed E-state index contributed by atoms with van der Waals surface area (Å²) < 4.78 is 19.8. The van der Waals surface area contributed by atoms with E-state index < -0.39 is 24.4 Å². The molecule has 2 aromatic rings. The van der Waals surface area contributed by atoms with Crippen LogP contribution in [0.25, 0.3) is 0 Å². The molecule has 0 fully saturated rings. The first kappa shape index (κ1) is 17.9. The van der Waals surface area contributed by atoms with Gasteiger partial charge in [0.2, 0.25) is 0 Å². The van der Waals surface area contributed by atoms with Crippen LogP contribution in [0.3, 0.4) is 0 Å². The standard InChI is InChI=1S/C16H16N2O7/c1-22-11-6-10(7-12(8-11)23-2)16(21)25-9-14(19)17-18-15(20)13-4-3-5-24-13/h3-8H,9H2,1-2H3,(H,17,19)(H,18,20). The van der Waals surface area contributed by atoms with Gasteiger partial charge in [-0.1, -0.05) is 0 Å². The molecule has 0 radical (unpaired) electrons. The highest BCUT2D eigenvalue weighted by molar-refractivity contribution is 5.94. The van der Waals surface area contributed by atoms with E-state index >= 15 is 0 Å². The molecule has 2 rings (SSSR count). The largest absolute Gasteiger partial charge is 0.497 e. The van der Waals surface area contributed by atoms with E-state index in [4.69, 9.17) is 18.6 Å². The Morgan fingerprint density at radius 2 is 1.72 bits per heavy atom. The molecule has 25 heavy (non-hydrogen) atoms. The number of furan rings is 1. The minimum absolute atomic E-state index is 0.0285. The molecule has 0 aliphatic rings. The van der Waals surface area contributed by atoms with Gasteiger partial charge in [-0.05, 0) is 24.3 Å². The van der Waals surface area contributed by atoms with E-state index in [1.54, 1.807) is 6.07 Å². The Morgan fingerprint density at radius 1 is 1.04 bits per heavy atom. The van der Waals surface area contributed by atoms with Crippen molar-refractivity contribution < 1.29 is 33.0 Å². The average molecular weight is 348 g/mol. The number of benzene rings is 1. The summed E-state index contributed by atoms with van der Waals surface area (Å²) >= 11 is 0. The smallest absolute Gasteiger partial charge is 0.338 e. The van der Waals surface area contributed by atoms with Gasteiger partial charge in [-0.3, -0.25) is 20.4 Å². The number of nitrogens with one attached hydrogen (secondary N) is 2. The second kappa shape index (κ2) is 8.39. The third-order valence-corrected chi connectivity index (χ3v) is 2.98. The third-order valence-electron chi connectivity index (χ3n) is 2.98. The first-order chi connectivity index (χ1) is 12.0. The molecule has 1 heterocycles. The van der Waals surface area contributed by atoms with Gasteiger partial charge in [0.25, 0.3) is 5.91 Å². The molecule has 132 valence electrons. The molecule has 0 bridgehead atoms. The van der Waals surface area contributed by atoms with Crippen molar-refractivity contribution in [2.45, 2.75) is 0 Å². The van der Waals surface area contributed by atoms with Crippen LogP contribution in [0.15, 0.2) is 41.0 Å². The van der Waals surface area contributed by atoms with E-state index in [2.05, 4.69) is 10.9 Å². The van der Waals surface area contributed by atoms with E-state index in [0.29, 0.717) is 11.5 Å². The van der Waals surface area contributed by atoms with Crippen molar-refractivity contribution in [3.63, 3.8) is 0 Å². The summed E-state index contributed by atoms with van der Waals surface area (Å²) in [7, 11) is 2.89. The molecule has 0 atom stereocenters. The highest BCUT2D eigenvalue weighted by Crippen LogP contribution is 2.22. The zero-order chi connectivity index (χ0) is 18.2. The fourth-order valence-electron chi connectivity index (χ4n) is 1.77. The monoisotopic (exact) mass is 348 g/mol. The molecule has 1 aromatic carbocycles. The summed E-state index contributed by atoms with van der Waals surface area (Å²) in [6.07, 6.45) is 1.32. The maximum atomic E-state index is 12.0. The van der Waals surface area contributed by atoms with Gasteiger partial charge in [-0.15, -0.1) is 0 Å². The van der Waals surface area contributed by atoms with Gasteiger partial charge < -0.3 is 18.6 Å². The first-order valence-electron chi connectivity index (χ1n) is 7.06. The normalized spacial score (nSPS) is 9.84. The highest BCUT2D eigenvalue weighted by Gasteiger charge is 2.14. The fourth-order valence-corrected chi connectivity index (χ4v) is 1.77. The molecule has 1 aromatic heterocycles. The third kappa shape index (κ3) is 4.99. The molecule has 0 unspecified atom stereocenters. The van der Waals surface area contributed by atoms with Crippen LogP contribution >= 0.6 is 0 Å². The number of carbonyl (C=O) groups excluding carboxylic acids is 3. The Morgan fingerprint density at radius 3 is 2.28 bits per heavy atom. The molecule has 9 heteroatoms. The van der Waals surface area contributed by atoms with Crippen LogP contribution in [0.4, 0.5) is 0 Å². The summed E-state index contributed by atoms with van der Waals surface area (Å²) in [6, 6.07) is 7.44. The van der Waals surface area contributed by atoms with Crippen LogP contribution in [0.2, 0.25) is 0 Å². The fraction of sp³-hybridized carbons (Fsp3) is 0.188. The van der Waals surface area contributed by atoms with E-state index in [-0.39, 0.29) is 11.3 Å². The van der Waals surface area contributed by atoms with Crippen LogP contribution in [0.1, 0.15) is 20.9 Å². The van der Waals surface area contributed by atoms with Gasteiger partial charge in [-0.2, -0.15) is 0 Å².